The van der Waals surface area contributed by atoms with Gasteiger partial charge in [0.2, 0.25) is 5.91 Å². The molecule has 0 aromatic carbocycles. The number of aromatic nitrogens is 2. The third kappa shape index (κ3) is 3.46. The van der Waals surface area contributed by atoms with Crippen LogP contribution >= 0.6 is 0 Å². The second-order valence-corrected chi connectivity index (χ2v) is 7.54. The molecular formula is C16H28N4O. The molecule has 0 atom stereocenters. The Morgan fingerprint density at radius 1 is 1.48 bits per heavy atom. The van der Waals surface area contributed by atoms with Crippen LogP contribution < -0.4 is 11.1 Å². The Kier molecular flexibility index (Phi) is 4.42. The van der Waals surface area contributed by atoms with Gasteiger partial charge in [0.1, 0.15) is 0 Å². The van der Waals surface area contributed by atoms with Crippen LogP contribution in [0.5, 0.6) is 0 Å². The number of anilines is 1. The van der Waals surface area contributed by atoms with Crippen molar-refractivity contribution in [2.24, 2.45) is 17.1 Å². The molecule has 1 amide bonds. The van der Waals surface area contributed by atoms with Gasteiger partial charge in [-0.15, -0.1) is 0 Å². The molecule has 0 aliphatic heterocycles. The fourth-order valence-electron chi connectivity index (χ4n) is 2.86. The monoisotopic (exact) mass is 292 g/mol. The van der Waals surface area contributed by atoms with E-state index in [4.69, 9.17) is 5.73 Å². The van der Waals surface area contributed by atoms with Crippen molar-refractivity contribution in [2.45, 2.75) is 58.8 Å². The molecule has 5 nitrogen and oxygen atoms in total. The van der Waals surface area contributed by atoms with Gasteiger partial charge in [-0.2, -0.15) is 5.10 Å². The van der Waals surface area contributed by atoms with Gasteiger partial charge in [0, 0.05) is 23.7 Å². The Morgan fingerprint density at radius 3 is 2.57 bits per heavy atom. The molecule has 5 heteroatoms. The van der Waals surface area contributed by atoms with E-state index in [-0.39, 0.29) is 11.3 Å². The molecule has 0 bridgehead atoms. The highest BCUT2D eigenvalue weighted by molar-refractivity contribution is 5.94. The normalized spacial score (nSPS) is 26.6. The highest BCUT2D eigenvalue weighted by Gasteiger charge is 2.40. The highest BCUT2D eigenvalue weighted by Crippen LogP contribution is 2.39. The number of amides is 1. The van der Waals surface area contributed by atoms with E-state index in [2.05, 4.69) is 43.2 Å². The lowest BCUT2D eigenvalue weighted by Gasteiger charge is -2.36. The van der Waals surface area contributed by atoms with Crippen molar-refractivity contribution in [1.29, 1.82) is 0 Å². The number of hydrogen-bond donors (Lipinski definition) is 3. The molecule has 0 unspecified atom stereocenters. The van der Waals surface area contributed by atoms with E-state index in [0.29, 0.717) is 18.3 Å². The first-order valence-electron chi connectivity index (χ1n) is 7.84. The summed E-state index contributed by atoms with van der Waals surface area (Å²) in [6, 6.07) is 1.91. The lowest BCUT2D eigenvalue weighted by atomic mass is 9.70. The first-order chi connectivity index (χ1) is 9.77. The molecule has 0 spiro atoms. The van der Waals surface area contributed by atoms with Gasteiger partial charge >= 0.3 is 0 Å². The molecule has 1 heterocycles. The third-order valence-corrected chi connectivity index (χ3v) is 4.73. The number of nitrogens with one attached hydrogen (secondary N) is 2. The lowest BCUT2D eigenvalue weighted by Crippen LogP contribution is -2.44. The van der Waals surface area contributed by atoms with Crippen LogP contribution in [0, 0.1) is 11.3 Å². The predicted molar refractivity (Wildman–Crippen MR) is 85.0 cm³/mol. The number of carbonyl (C=O) groups is 1. The maximum atomic E-state index is 12.6. The molecule has 2 rings (SSSR count). The van der Waals surface area contributed by atoms with Crippen molar-refractivity contribution >= 4 is 11.7 Å². The maximum absolute atomic E-state index is 12.6. The maximum Gasteiger partial charge on any atom is 0.233 e. The molecule has 1 saturated carbocycles. The van der Waals surface area contributed by atoms with E-state index in [1.165, 1.54) is 0 Å². The SMILES string of the molecule is CC1CCC(CN)(C(=O)Nc2cc(C(C)(C)C)[nH]n2)CC1. The summed E-state index contributed by atoms with van der Waals surface area (Å²) in [4.78, 5) is 12.6. The van der Waals surface area contributed by atoms with Crippen molar-refractivity contribution in [1.82, 2.24) is 10.2 Å². The van der Waals surface area contributed by atoms with E-state index in [0.717, 1.165) is 31.4 Å². The Morgan fingerprint density at radius 2 is 2.10 bits per heavy atom. The quantitative estimate of drug-likeness (QED) is 0.801. The van der Waals surface area contributed by atoms with Crippen LogP contribution in [0.2, 0.25) is 0 Å². The van der Waals surface area contributed by atoms with E-state index < -0.39 is 5.41 Å². The summed E-state index contributed by atoms with van der Waals surface area (Å²) in [6.45, 7) is 8.96. The van der Waals surface area contributed by atoms with Gasteiger partial charge in [0.15, 0.2) is 5.82 Å². The third-order valence-electron chi connectivity index (χ3n) is 4.73. The summed E-state index contributed by atoms with van der Waals surface area (Å²) < 4.78 is 0. The predicted octanol–water partition coefficient (Wildman–Crippen LogP) is 2.80. The van der Waals surface area contributed by atoms with Crippen molar-refractivity contribution < 1.29 is 4.79 Å². The molecule has 1 aromatic rings. The van der Waals surface area contributed by atoms with Gasteiger partial charge in [0.25, 0.3) is 0 Å². The average molecular weight is 292 g/mol. The minimum atomic E-state index is -0.423. The summed E-state index contributed by atoms with van der Waals surface area (Å²) in [6.07, 6.45) is 3.87. The second kappa shape index (κ2) is 5.79. The van der Waals surface area contributed by atoms with Crippen LogP contribution in [0.1, 0.15) is 59.1 Å². The van der Waals surface area contributed by atoms with Gasteiger partial charge in [0.05, 0.1) is 5.41 Å². The lowest BCUT2D eigenvalue weighted by molar-refractivity contribution is -0.127. The molecule has 4 N–H and O–H groups in total. The average Bonchev–Trinajstić information content (AvgIpc) is 2.88. The van der Waals surface area contributed by atoms with Gasteiger partial charge in [-0.25, -0.2) is 0 Å². The molecule has 118 valence electrons. The smallest absolute Gasteiger partial charge is 0.233 e. The van der Waals surface area contributed by atoms with Crippen molar-refractivity contribution in [3.8, 4) is 0 Å². The molecule has 1 fully saturated rings. The van der Waals surface area contributed by atoms with Crippen molar-refractivity contribution in [3.63, 3.8) is 0 Å². The van der Waals surface area contributed by atoms with Gasteiger partial charge in [-0.3, -0.25) is 9.89 Å². The van der Waals surface area contributed by atoms with E-state index >= 15 is 0 Å². The van der Waals surface area contributed by atoms with Crippen LogP contribution in [0.15, 0.2) is 6.07 Å². The number of carbonyl (C=O) groups excluding carboxylic acids is 1. The Bertz CT molecular complexity index is 493. The molecule has 21 heavy (non-hydrogen) atoms. The number of aromatic amines is 1. The first kappa shape index (κ1) is 16.0. The second-order valence-electron chi connectivity index (χ2n) is 7.54. The fraction of sp³-hybridized carbons (Fsp3) is 0.750. The van der Waals surface area contributed by atoms with Gasteiger partial charge in [-0.1, -0.05) is 27.7 Å². The summed E-state index contributed by atoms with van der Waals surface area (Å²) in [5.41, 5.74) is 6.50. The molecule has 1 aromatic heterocycles. The minimum Gasteiger partial charge on any atom is -0.329 e. The number of rotatable bonds is 3. The van der Waals surface area contributed by atoms with Crippen LogP contribution in [-0.4, -0.2) is 22.6 Å². The molecular weight excluding hydrogens is 264 g/mol. The van der Waals surface area contributed by atoms with Gasteiger partial charge < -0.3 is 11.1 Å². The fourth-order valence-corrected chi connectivity index (χ4v) is 2.86. The van der Waals surface area contributed by atoms with E-state index in [1.54, 1.807) is 0 Å². The Labute approximate surface area is 127 Å². The molecule has 0 saturated heterocycles. The Balaban J connectivity index is 2.08. The van der Waals surface area contributed by atoms with Crippen LogP contribution in [0.3, 0.4) is 0 Å². The van der Waals surface area contributed by atoms with Crippen LogP contribution in [0.25, 0.3) is 0 Å². The highest BCUT2D eigenvalue weighted by atomic mass is 16.2. The largest absolute Gasteiger partial charge is 0.329 e. The molecule has 1 aliphatic carbocycles. The topological polar surface area (TPSA) is 83.8 Å². The Hall–Kier alpha value is -1.36. The molecule has 0 radical (unpaired) electrons. The first-order valence-corrected chi connectivity index (χ1v) is 7.84. The van der Waals surface area contributed by atoms with E-state index in [9.17, 15) is 4.79 Å². The number of H-pyrrole nitrogens is 1. The van der Waals surface area contributed by atoms with E-state index in [1.807, 2.05) is 6.07 Å². The zero-order chi connectivity index (χ0) is 15.7. The zero-order valence-electron chi connectivity index (χ0n) is 13.6. The summed E-state index contributed by atoms with van der Waals surface area (Å²) in [5, 5.41) is 10.1. The number of nitrogens with two attached hydrogens (primary N) is 1. The number of hydrogen-bond acceptors (Lipinski definition) is 3. The summed E-state index contributed by atoms with van der Waals surface area (Å²) >= 11 is 0. The standard InChI is InChI=1S/C16H28N4O/c1-11-5-7-16(10-17,8-6-11)14(21)18-13-9-12(19-20-13)15(2,3)4/h9,11H,5-8,10,17H2,1-4H3,(H2,18,19,20,21). The number of nitrogens with zero attached hydrogens (tertiary/aromatic N) is 1. The van der Waals surface area contributed by atoms with Crippen molar-refractivity contribution in [2.75, 3.05) is 11.9 Å². The minimum absolute atomic E-state index is 0.0121. The zero-order valence-corrected chi connectivity index (χ0v) is 13.6. The molecule has 1 aliphatic rings. The summed E-state index contributed by atoms with van der Waals surface area (Å²) in [5.74, 6) is 1.30. The summed E-state index contributed by atoms with van der Waals surface area (Å²) in [7, 11) is 0. The van der Waals surface area contributed by atoms with Crippen LogP contribution in [0.4, 0.5) is 5.82 Å². The van der Waals surface area contributed by atoms with Crippen molar-refractivity contribution in [3.05, 3.63) is 11.8 Å². The van der Waals surface area contributed by atoms with Gasteiger partial charge in [-0.05, 0) is 31.6 Å². The van der Waals surface area contributed by atoms with Crippen LogP contribution in [-0.2, 0) is 10.2 Å².